The molecule has 4 rings (SSSR count). The first kappa shape index (κ1) is 18.8. The minimum Gasteiger partial charge on any atom is -0.497 e. The lowest BCUT2D eigenvalue weighted by Gasteiger charge is -2.32. The normalized spacial score (nSPS) is 24.4. The van der Waals surface area contributed by atoms with Crippen molar-refractivity contribution in [1.82, 2.24) is 24.5 Å². The van der Waals surface area contributed by atoms with E-state index < -0.39 is 0 Å². The van der Waals surface area contributed by atoms with Gasteiger partial charge in [-0.15, -0.1) is 0 Å². The second-order valence-corrected chi connectivity index (χ2v) is 8.00. The second-order valence-electron chi connectivity index (χ2n) is 8.00. The average Bonchev–Trinajstić information content (AvgIpc) is 3.41. The van der Waals surface area contributed by atoms with Crippen molar-refractivity contribution in [3.63, 3.8) is 0 Å². The Morgan fingerprint density at radius 1 is 1.18 bits per heavy atom. The highest BCUT2D eigenvalue weighted by atomic mass is 16.5. The van der Waals surface area contributed by atoms with Crippen molar-refractivity contribution >= 4 is 6.03 Å². The van der Waals surface area contributed by atoms with Gasteiger partial charge in [0.25, 0.3) is 0 Å². The standard InChI is InChI=1S/C21H29N5O2/c1-23(2)21(27)26-14-17-13-24(11-12-25-10-4-9-22-25)15-19(17)20(26)16-5-7-18(28-3)8-6-16/h4-10,17,19-20H,11-15H2,1-3H3/t17-,19-,20+/m1/s1. The number of urea groups is 1. The number of ether oxygens (including phenoxy) is 1. The van der Waals surface area contributed by atoms with Crippen molar-refractivity contribution < 1.29 is 9.53 Å². The number of amides is 2. The van der Waals surface area contributed by atoms with Gasteiger partial charge in [0.15, 0.2) is 0 Å². The van der Waals surface area contributed by atoms with Crippen LogP contribution in [0.2, 0.25) is 0 Å². The summed E-state index contributed by atoms with van der Waals surface area (Å²) in [6, 6.07) is 10.4. The summed E-state index contributed by atoms with van der Waals surface area (Å²) in [4.78, 5) is 19.1. The molecule has 2 aliphatic heterocycles. The first-order valence-corrected chi connectivity index (χ1v) is 9.88. The molecule has 1 aromatic heterocycles. The van der Waals surface area contributed by atoms with Gasteiger partial charge in [0.05, 0.1) is 19.7 Å². The highest BCUT2D eigenvalue weighted by Crippen LogP contribution is 2.45. The van der Waals surface area contributed by atoms with Gasteiger partial charge < -0.3 is 19.4 Å². The van der Waals surface area contributed by atoms with E-state index in [0.29, 0.717) is 11.8 Å². The number of hydrogen-bond donors (Lipinski definition) is 0. The number of carbonyl (C=O) groups is 1. The first-order chi connectivity index (χ1) is 13.6. The number of carbonyl (C=O) groups excluding carboxylic acids is 1. The molecular formula is C21H29N5O2. The number of methoxy groups -OCH3 is 1. The van der Waals surface area contributed by atoms with Crippen LogP contribution in [-0.2, 0) is 6.54 Å². The zero-order valence-electron chi connectivity index (χ0n) is 16.9. The number of likely N-dealkylation sites (tertiary alicyclic amines) is 2. The Kier molecular flexibility index (Phi) is 5.26. The Morgan fingerprint density at radius 3 is 2.61 bits per heavy atom. The van der Waals surface area contributed by atoms with Crippen LogP contribution in [0.4, 0.5) is 4.79 Å². The van der Waals surface area contributed by atoms with E-state index >= 15 is 0 Å². The largest absolute Gasteiger partial charge is 0.497 e. The molecule has 3 heterocycles. The van der Waals surface area contributed by atoms with E-state index in [1.54, 1.807) is 12.0 Å². The Bertz CT molecular complexity index is 790. The van der Waals surface area contributed by atoms with Crippen LogP contribution in [0.3, 0.4) is 0 Å². The van der Waals surface area contributed by atoms with Gasteiger partial charge in [-0.05, 0) is 29.7 Å². The molecule has 3 atom stereocenters. The minimum atomic E-state index is 0.0957. The minimum absolute atomic E-state index is 0.0957. The summed E-state index contributed by atoms with van der Waals surface area (Å²) in [7, 11) is 5.34. The molecule has 2 amide bonds. The molecule has 150 valence electrons. The molecule has 2 aliphatic rings. The van der Waals surface area contributed by atoms with Crippen molar-refractivity contribution in [3.05, 3.63) is 48.3 Å². The predicted molar refractivity (Wildman–Crippen MR) is 107 cm³/mol. The zero-order valence-corrected chi connectivity index (χ0v) is 16.9. The first-order valence-electron chi connectivity index (χ1n) is 9.88. The Morgan fingerprint density at radius 2 is 1.96 bits per heavy atom. The summed E-state index contributed by atoms with van der Waals surface area (Å²) in [5, 5.41) is 4.30. The highest BCUT2D eigenvalue weighted by Gasteiger charge is 2.49. The number of nitrogens with zero attached hydrogens (tertiary/aromatic N) is 5. The van der Waals surface area contributed by atoms with Crippen molar-refractivity contribution in [1.29, 1.82) is 0 Å². The van der Waals surface area contributed by atoms with Crippen LogP contribution >= 0.6 is 0 Å². The molecule has 2 saturated heterocycles. The molecule has 0 unspecified atom stereocenters. The van der Waals surface area contributed by atoms with Crippen molar-refractivity contribution in [2.24, 2.45) is 11.8 Å². The number of benzene rings is 1. The van der Waals surface area contributed by atoms with E-state index in [1.165, 1.54) is 5.56 Å². The van der Waals surface area contributed by atoms with Crippen LogP contribution in [-0.4, -0.2) is 77.9 Å². The molecule has 2 fully saturated rings. The van der Waals surface area contributed by atoms with Crippen LogP contribution in [0, 0.1) is 11.8 Å². The lowest BCUT2D eigenvalue weighted by Crippen LogP contribution is -2.41. The number of rotatable bonds is 5. The van der Waals surface area contributed by atoms with Gasteiger partial charge in [-0.1, -0.05) is 12.1 Å². The molecule has 7 heteroatoms. The van der Waals surface area contributed by atoms with Crippen molar-refractivity contribution in [2.75, 3.05) is 47.4 Å². The molecule has 0 radical (unpaired) electrons. The van der Waals surface area contributed by atoms with Gasteiger partial charge >= 0.3 is 6.03 Å². The summed E-state index contributed by atoms with van der Waals surface area (Å²) < 4.78 is 7.29. The second kappa shape index (κ2) is 7.83. The van der Waals surface area contributed by atoms with E-state index in [1.807, 2.05) is 49.4 Å². The fourth-order valence-corrected chi connectivity index (χ4v) is 4.68. The van der Waals surface area contributed by atoms with Gasteiger partial charge in [0, 0.05) is 58.6 Å². The molecule has 7 nitrogen and oxygen atoms in total. The smallest absolute Gasteiger partial charge is 0.320 e. The predicted octanol–water partition coefficient (Wildman–Crippen LogP) is 2.18. The summed E-state index contributed by atoms with van der Waals surface area (Å²) in [5.74, 6) is 1.81. The fourth-order valence-electron chi connectivity index (χ4n) is 4.68. The van der Waals surface area contributed by atoms with Crippen molar-refractivity contribution in [2.45, 2.75) is 12.6 Å². The van der Waals surface area contributed by atoms with Crippen LogP contribution in [0.15, 0.2) is 42.7 Å². The maximum Gasteiger partial charge on any atom is 0.320 e. The lowest BCUT2D eigenvalue weighted by molar-refractivity contribution is 0.152. The van der Waals surface area contributed by atoms with Gasteiger partial charge in [-0.3, -0.25) is 4.68 Å². The number of hydrogen-bond acceptors (Lipinski definition) is 4. The van der Waals surface area contributed by atoms with Crippen LogP contribution in [0.1, 0.15) is 11.6 Å². The maximum atomic E-state index is 12.8. The maximum absolute atomic E-state index is 12.8. The Balaban J connectivity index is 1.51. The molecule has 0 bridgehead atoms. The van der Waals surface area contributed by atoms with Gasteiger partial charge in [0.1, 0.15) is 5.75 Å². The molecular weight excluding hydrogens is 354 g/mol. The highest BCUT2D eigenvalue weighted by molar-refractivity contribution is 5.75. The Hall–Kier alpha value is -2.54. The average molecular weight is 383 g/mol. The Labute approximate surface area is 166 Å². The van der Waals surface area contributed by atoms with Crippen molar-refractivity contribution in [3.8, 4) is 5.75 Å². The molecule has 1 aromatic carbocycles. The monoisotopic (exact) mass is 383 g/mol. The molecule has 0 saturated carbocycles. The lowest BCUT2D eigenvalue weighted by atomic mass is 9.89. The molecule has 28 heavy (non-hydrogen) atoms. The van der Waals surface area contributed by atoms with E-state index in [4.69, 9.17) is 4.74 Å². The molecule has 2 aromatic rings. The fraction of sp³-hybridized carbons (Fsp3) is 0.524. The topological polar surface area (TPSA) is 53.8 Å². The summed E-state index contributed by atoms with van der Waals surface area (Å²) in [6.07, 6.45) is 3.83. The van der Waals surface area contributed by atoms with E-state index in [0.717, 1.165) is 38.5 Å². The SMILES string of the molecule is COc1ccc([C@H]2[C@@H]3CN(CCn4cccn4)C[C@@H]3CN2C(=O)N(C)C)cc1. The summed E-state index contributed by atoms with van der Waals surface area (Å²) in [6.45, 7) is 4.76. The van der Waals surface area contributed by atoms with Crippen LogP contribution in [0.5, 0.6) is 5.75 Å². The zero-order chi connectivity index (χ0) is 19.7. The van der Waals surface area contributed by atoms with E-state index in [2.05, 4.69) is 27.0 Å². The third kappa shape index (κ3) is 3.58. The summed E-state index contributed by atoms with van der Waals surface area (Å²) >= 11 is 0. The molecule has 0 N–H and O–H groups in total. The number of aromatic nitrogens is 2. The number of fused-ring (bicyclic) bond motifs is 1. The third-order valence-electron chi connectivity index (χ3n) is 6.03. The summed E-state index contributed by atoms with van der Waals surface area (Å²) in [5.41, 5.74) is 1.19. The van der Waals surface area contributed by atoms with Gasteiger partial charge in [-0.25, -0.2) is 4.79 Å². The van der Waals surface area contributed by atoms with Gasteiger partial charge in [0.2, 0.25) is 0 Å². The molecule has 0 aliphatic carbocycles. The molecule has 0 spiro atoms. The van der Waals surface area contributed by atoms with Gasteiger partial charge in [-0.2, -0.15) is 5.10 Å². The van der Waals surface area contributed by atoms with Crippen LogP contribution < -0.4 is 4.74 Å². The van der Waals surface area contributed by atoms with Crippen LogP contribution in [0.25, 0.3) is 0 Å². The van der Waals surface area contributed by atoms with E-state index in [-0.39, 0.29) is 12.1 Å². The quantitative estimate of drug-likeness (QED) is 0.794. The van der Waals surface area contributed by atoms with E-state index in [9.17, 15) is 4.79 Å². The third-order valence-corrected chi connectivity index (χ3v) is 6.03.